The second kappa shape index (κ2) is 43.8. The van der Waals surface area contributed by atoms with E-state index in [-0.39, 0.29) is 193 Å². The predicted molar refractivity (Wildman–Crippen MR) is 499 cm³/mol. The van der Waals surface area contributed by atoms with Gasteiger partial charge in [0.1, 0.15) is 76.3 Å². The van der Waals surface area contributed by atoms with E-state index in [1.54, 1.807) is 35.4 Å². The predicted octanol–water partition coefficient (Wildman–Crippen LogP) is 15.6. The summed E-state index contributed by atoms with van der Waals surface area (Å²) in [5, 5.41) is 7.53. The minimum atomic E-state index is -0.720. The van der Waals surface area contributed by atoms with Gasteiger partial charge >= 0.3 is 36.4 Å². The molecule has 2 aliphatic carbocycles. The number of morpholine rings is 5. The number of rotatable bonds is 28. The van der Waals surface area contributed by atoms with E-state index in [9.17, 15) is 87.1 Å². The van der Waals surface area contributed by atoms with Gasteiger partial charge in [0.2, 0.25) is 0 Å². The summed E-state index contributed by atoms with van der Waals surface area (Å²) in [6, 6.07) is 11.8. The van der Waals surface area contributed by atoms with Crippen molar-refractivity contribution < 1.29 is 139 Å². The molecule has 10 unspecified atom stereocenters. The molecule has 15 atom stereocenters. The van der Waals surface area contributed by atoms with Crippen LogP contribution in [0.15, 0.2) is 73.1 Å². The smallest absolute Gasteiger partial charge is 0.414 e. The fraction of sp³-hybridized carbons (Fsp3) is 0.594. The van der Waals surface area contributed by atoms with Crippen LogP contribution < -0.4 is 49.0 Å². The lowest BCUT2D eigenvalue weighted by Gasteiger charge is -2.34. The molecule has 144 heavy (non-hydrogen) atoms. The summed E-state index contributed by atoms with van der Waals surface area (Å²) in [6.07, 6.45) is 15.7. The summed E-state index contributed by atoms with van der Waals surface area (Å²) in [7, 11) is 1.28. The number of nitrogens with zero attached hydrogens (tertiary/aromatic N) is 13. The summed E-state index contributed by atoms with van der Waals surface area (Å²) < 4.78 is 210. The molecule has 17 aliphatic rings. The van der Waals surface area contributed by atoms with E-state index in [0.717, 1.165) is 115 Å². The molecule has 15 aliphatic heterocycles. The lowest BCUT2D eigenvalue weighted by Crippen LogP contribution is -2.43. The fourth-order valence-electron chi connectivity index (χ4n) is 22.2. The first-order valence-electron chi connectivity index (χ1n) is 50.3. The van der Waals surface area contributed by atoms with E-state index in [1.165, 1.54) is 86.3 Å². The molecular formula is C101H117F10N13O20. The fourth-order valence-corrected chi connectivity index (χ4v) is 22.2. The summed E-state index contributed by atoms with van der Waals surface area (Å²) >= 11 is 0. The summed E-state index contributed by atoms with van der Waals surface area (Å²) in [5.74, 6) is -6.51. The number of ether oxygens (including phenoxy) is 11. The molecule has 33 nitrogen and oxygen atoms in total. The average molecular weight is 2020 g/mol. The van der Waals surface area contributed by atoms with E-state index in [1.807, 2.05) is 6.92 Å². The molecule has 1 aromatic heterocycles. The monoisotopic (exact) mass is 2020 g/mol. The van der Waals surface area contributed by atoms with Gasteiger partial charge in [-0.25, -0.2) is 72.6 Å². The average Bonchev–Trinajstić information content (AvgIpc) is 1.60. The topological polar surface area (TPSA) is 318 Å². The number of benzene rings is 5. The molecule has 2 saturated carbocycles. The van der Waals surface area contributed by atoms with Gasteiger partial charge in [0.25, 0.3) is 0 Å². The number of carbonyl (C=O) groups excluding carboxylic acids is 9. The Hall–Kier alpha value is -11.8. The number of cyclic esters (lactones) is 5. The van der Waals surface area contributed by atoms with Crippen LogP contribution in [0.25, 0.3) is 0 Å². The number of aromatic nitrogens is 3. The van der Waals surface area contributed by atoms with Gasteiger partial charge in [0.15, 0.2) is 58.2 Å². The Bertz CT molecular complexity index is 5600. The van der Waals surface area contributed by atoms with E-state index in [2.05, 4.69) is 15.0 Å². The number of esters is 1. The Morgan fingerprint density at radius 3 is 0.792 bits per heavy atom. The Morgan fingerprint density at radius 2 is 0.562 bits per heavy atom. The molecule has 16 heterocycles. The van der Waals surface area contributed by atoms with Crippen molar-refractivity contribution in [2.75, 3.05) is 154 Å². The largest absolute Gasteiger partial charge is 0.469 e. The maximum atomic E-state index is 14.9. The van der Waals surface area contributed by atoms with Crippen molar-refractivity contribution in [3.05, 3.63) is 131 Å². The van der Waals surface area contributed by atoms with Gasteiger partial charge in [-0.1, -0.05) is 18.6 Å². The highest BCUT2D eigenvalue weighted by Crippen LogP contribution is 2.45. The normalized spacial score (nSPS) is 27.4. The molecule has 776 valence electrons. The van der Waals surface area contributed by atoms with Crippen LogP contribution in [0.5, 0.6) is 0 Å². The van der Waals surface area contributed by atoms with Crippen LogP contribution >= 0.6 is 0 Å². The first kappa shape index (κ1) is 101. The molecule has 17 fully saturated rings. The number of carbonyl (C=O) groups is 9. The zero-order chi connectivity index (χ0) is 101. The van der Waals surface area contributed by atoms with Gasteiger partial charge in [0.05, 0.1) is 142 Å². The third kappa shape index (κ3) is 23.2. The van der Waals surface area contributed by atoms with Crippen LogP contribution in [0.3, 0.4) is 0 Å². The summed E-state index contributed by atoms with van der Waals surface area (Å²) in [6.45, 7) is 7.73. The molecule has 0 radical (unpaired) electrons. The second-order valence-corrected chi connectivity index (χ2v) is 40.2. The zero-order valence-corrected chi connectivity index (χ0v) is 80.0. The lowest BCUT2D eigenvalue weighted by molar-refractivity contribution is -0.141. The van der Waals surface area contributed by atoms with Crippen molar-refractivity contribution in [1.29, 1.82) is 0 Å². The molecule has 10 bridgehead atoms. The van der Waals surface area contributed by atoms with Crippen LogP contribution in [0.1, 0.15) is 167 Å². The Kier molecular flexibility index (Phi) is 30.7. The Labute approximate surface area is 824 Å². The SMILES string of the molecule is CCCC(=O)CC[C@H]1CN(c2cc(F)c(N3CC4CCC(C3)O4)c(F)c2)C(=O)O1.COC(=O)CC[C@H]1CN(c2cc(F)c(N3CC4CCC(C3)O4)c(F)c2)C(=O)O1.O=C(CC[C@H]1CN(c2cc(F)c(N3CC4CCC(C3)O4)c(F)c2)C(=O)O1)C1CC1.O=C(CC[C@H]1CN(c2cc(F)c(N3CC4CCC(C3)O4)c(F)c2)C(=O)O1)C1CCC1.O=C1O[C@@H](Cn2ccnn2)CN1c1cc(F)c(N2CC3CCC(C2)O3)c(F)c1. The van der Waals surface area contributed by atoms with Crippen molar-refractivity contribution in [2.24, 2.45) is 11.8 Å². The summed E-state index contributed by atoms with van der Waals surface area (Å²) in [4.78, 5) is 123. The first-order valence-corrected chi connectivity index (χ1v) is 50.3. The quantitative estimate of drug-likeness (QED) is 0.0250. The lowest BCUT2D eigenvalue weighted by atomic mass is 9.80. The molecule has 5 aromatic carbocycles. The van der Waals surface area contributed by atoms with Crippen LogP contribution in [0, 0.1) is 70.0 Å². The number of hydrogen-bond acceptors (Lipinski definition) is 27. The van der Waals surface area contributed by atoms with Gasteiger partial charge in [-0.2, -0.15) is 0 Å². The van der Waals surface area contributed by atoms with Gasteiger partial charge in [-0.05, 0) is 122 Å². The number of ketones is 3. The number of anilines is 10. The molecule has 0 spiro atoms. The summed E-state index contributed by atoms with van der Waals surface area (Å²) in [5.41, 5.74) is 0.317. The van der Waals surface area contributed by atoms with E-state index < -0.39 is 125 Å². The molecule has 0 N–H and O–H groups in total. The molecule has 43 heteroatoms. The molecular weight excluding hydrogens is 1910 g/mol. The van der Waals surface area contributed by atoms with Crippen molar-refractivity contribution in [1.82, 2.24) is 15.0 Å². The van der Waals surface area contributed by atoms with Crippen LogP contribution in [-0.2, 0) is 77.8 Å². The van der Waals surface area contributed by atoms with E-state index in [4.69, 9.17) is 47.4 Å². The van der Waals surface area contributed by atoms with Crippen LogP contribution in [-0.4, -0.2) is 266 Å². The number of halogens is 10. The minimum Gasteiger partial charge on any atom is -0.469 e. The standard InChI is InChI=1S/C22H26F2N2O4.C21H24F2N2O4.C21H26F2N2O4.C19H22F2N2O5.C18H19F2N5O3/c23-18-8-14(9-19(24)21(18)25-10-15-4-5-16(11-25)29-15)26-12-17(30-22(26)28)6-7-20(27)13-2-1-3-13;22-17-7-13(8-18(23)20(17)24-9-14-3-4-15(10-24)28-14)25-11-16(29-21(25)27)5-6-19(26)12-1-2-12;1-2-3-14(26)4-5-17-12-25(21(27)29-17)13-8-18(22)20(19(23)9-13)24-10-15-6-7-16(11-24)28-15;1-26-17(24)5-4-14-10-23(19(25)28-14)11-6-15(20)18(16(21)7-11)22-8-12-2-3-13(9-22)27-12;19-15-5-11(25-10-14(28-18(25)26)9-24-4-3-21-22-24)6-16(20)17(15)23-7-12-1-2-13(8-23)27-12/h8-9,13,15-17H,1-7,10-12H2;7-8,12,14-16H,1-6,9-11H2;8-9,15-17H,2-7,10-12H2,1H3;6-7,12-14H,2-5,8-10H2,1H3;3-6,12-14H,1-2,7-10H2/t15?,16?,17-;14?,15?,16-;15?,16?,17-;2*12?,13?,14-/m00000/s1. The van der Waals surface area contributed by atoms with Gasteiger partial charge < -0.3 is 76.6 Å². The third-order valence-corrected chi connectivity index (χ3v) is 29.8. The molecule has 23 rings (SSSR count). The van der Waals surface area contributed by atoms with Gasteiger partial charge in [-0.3, -0.25) is 43.7 Å². The van der Waals surface area contributed by atoms with Crippen molar-refractivity contribution >= 4 is 111 Å². The Morgan fingerprint density at radius 1 is 0.319 bits per heavy atom. The van der Waals surface area contributed by atoms with Crippen molar-refractivity contribution in [2.45, 2.75) is 266 Å². The van der Waals surface area contributed by atoms with Crippen LogP contribution in [0.4, 0.5) is 125 Å². The number of fused-ring (bicyclic) bond motifs is 10. The number of amides is 5. The first-order chi connectivity index (χ1) is 69.4. The van der Waals surface area contributed by atoms with Crippen molar-refractivity contribution in [3.63, 3.8) is 0 Å². The number of hydrogen-bond donors (Lipinski definition) is 0. The highest BCUT2D eigenvalue weighted by atomic mass is 19.2. The van der Waals surface area contributed by atoms with Gasteiger partial charge in [-0.15, -0.1) is 5.10 Å². The Balaban J connectivity index is 0.000000114. The highest BCUT2D eigenvalue weighted by molar-refractivity contribution is 5.94. The molecule has 15 saturated heterocycles. The zero-order valence-electron chi connectivity index (χ0n) is 80.0. The molecule has 5 amide bonds. The third-order valence-electron chi connectivity index (χ3n) is 29.8. The van der Waals surface area contributed by atoms with Crippen molar-refractivity contribution in [3.8, 4) is 0 Å². The van der Waals surface area contributed by atoms with E-state index >= 15 is 0 Å². The number of Topliss-reactive ketones (excluding diaryl/α,β-unsaturated/α-hetero) is 3. The maximum Gasteiger partial charge on any atom is 0.414 e. The van der Waals surface area contributed by atoms with E-state index in [0.29, 0.717) is 117 Å². The maximum absolute atomic E-state index is 14.9. The second-order valence-electron chi connectivity index (χ2n) is 40.2. The minimum absolute atomic E-state index is 0.00125. The van der Waals surface area contributed by atoms with Crippen LogP contribution in [0.2, 0.25) is 0 Å². The van der Waals surface area contributed by atoms with Gasteiger partial charge in [0, 0.05) is 176 Å². The highest BCUT2D eigenvalue weighted by Gasteiger charge is 2.47. The molecule has 6 aromatic rings. The number of methoxy groups -OCH3 is 1.